The number of carbonyl (C=O) groups excluding carboxylic acids is 1. The second-order valence-electron chi connectivity index (χ2n) is 3.48. The molecule has 17 heavy (non-hydrogen) atoms. The van der Waals surface area contributed by atoms with Gasteiger partial charge in [0.15, 0.2) is 0 Å². The van der Waals surface area contributed by atoms with Gasteiger partial charge in [-0.3, -0.25) is 14.9 Å². The van der Waals surface area contributed by atoms with E-state index in [1.54, 1.807) is 0 Å². The summed E-state index contributed by atoms with van der Waals surface area (Å²) in [5.74, 6) is -0.0817. The molecule has 8 nitrogen and oxygen atoms in total. The first-order valence-electron chi connectivity index (χ1n) is 4.76. The maximum Gasteiger partial charge on any atom is 0.329 e. The van der Waals surface area contributed by atoms with Crippen LogP contribution in [-0.2, 0) is 4.79 Å². The summed E-state index contributed by atoms with van der Waals surface area (Å²) in [4.78, 5) is 28.4. The average Bonchev–Trinajstić information content (AvgIpc) is 2.63. The Bertz CT molecular complexity index is 480. The minimum Gasteiger partial charge on any atom is -0.359 e. The van der Waals surface area contributed by atoms with Crippen LogP contribution in [0.3, 0.4) is 0 Å². The Balaban J connectivity index is 2.21. The van der Waals surface area contributed by atoms with Crippen molar-refractivity contribution in [2.24, 2.45) is 0 Å². The van der Waals surface area contributed by atoms with Crippen molar-refractivity contribution in [3.8, 4) is 0 Å². The quantitative estimate of drug-likeness (QED) is 0.459. The molecule has 9 heteroatoms. The van der Waals surface area contributed by atoms with Crippen molar-refractivity contribution in [3.63, 3.8) is 0 Å². The van der Waals surface area contributed by atoms with Crippen molar-refractivity contribution in [2.75, 3.05) is 11.9 Å². The fourth-order valence-corrected chi connectivity index (χ4v) is 1.63. The van der Waals surface area contributed by atoms with Crippen LogP contribution in [0.4, 0.5) is 11.5 Å². The molecule has 0 aliphatic carbocycles. The van der Waals surface area contributed by atoms with Crippen molar-refractivity contribution < 1.29 is 9.72 Å². The van der Waals surface area contributed by atoms with Crippen molar-refractivity contribution in [2.45, 2.75) is 12.5 Å². The van der Waals surface area contributed by atoms with Gasteiger partial charge in [-0.05, 0) is 11.6 Å². The molecule has 1 aromatic heterocycles. The molecule has 1 aliphatic heterocycles. The van der Waals surface area contributed by atoms with Gasteiger partial charge < -0.3 is 10.6 Å². The van der Waals surface area contributed by atoms with Crippen LogP contribution in [0.1, 0.15) is 6.42 Å². The summed E-state index contributed by atoms with van der Waals surface area (Å²) < 4.78 is 0. The number of amides is 1. The number of halogens is 1. The van der Waals surface area contributed by atoms with Crippen LogP contribution in [0.15, 0.2) is 6.20 Å². The first kappa shape index (κ1) is 11.5. The minimum absolute atomic E-state index is 0.0245. The highest BCUT2D eigenvalue weighted by Gasteiger charge is 2.25. The van der Waals surface area contributed by atoms with Gasteiger partial charge in [0.25, 0.3) is 0 Å². The standard InChI is InChI=1S/C8H8ClN5O3/c9-8-11-3-5(14(16)17)7(13-8)12-4-1-6(15)10-2-4/h3-4H,1-2H2,(H,10,15)(H,11,12,13). The molecule has 2 N–H and O–H groups in total. The topological polar surface area (TPSA) is 110 Å². The molecule has 1 fully saturated rings. The van der Waals surface area contributed by atoms with Crippen LogP contribution in [0.2, 0.25) is 5.28 Å². The number of nitro groups is 1. The summed E-state index contributed by atoms with van der Waals surface area (Å²) in [6.45, 7) is 0.400. The van der Waals surface area contributed by atoms with E-state index in [9.17, 15) is 14.9 Å². The van der Waals surface area contributed by atoms with Crippen molar-refractivity contribution in [3.05, 3.63) is 21.6 Å². The largest absolute Gasteiger partial charge is 0.359 e. The highest BCUT2D eigenvalue weighted by molar-refractivity contribution is 6.28. The highest BCUT2D eigenvalue weighted by atomic mass is 35.5. The third kappa shape index (κ3) is 2.59. The Hall–Kier alpha value is -1.96. The zero-order chi connectivity index (χ0) is 12.4. The second-order valence-corrected chi connectivity index (χ2v) is 3.82. The molecule has 1 amide bonds. The fourth-order valence-electron chi connectivity index (χ4n) is 1.49. The zero-order valence-electron chi connectivity index (χ0n) is 8.51. The molecule has 0 bridgehead atoms. The smallest absolute Gasteiger partial charge is 0.329 e. The Morgan fingerprint density at radius 1 is 1.65 bits per heavy atom. The monoisotopic (exact) mass is 257 g/mol. The number of nitrogens with one attached hydrogen (secondary N) is 2. The second kappa shape index (κ2) is 4.50. The predicted molar refractivity (Wildman–Crippen MR) is 58.7 cm³/mol. The Labute approximate surface area is 101 Å². The zero-order valence-corrected chi connectivity index (χ0v) is 9.27. The molecule has 1 atom stereocenters. The van der Waals surface area contributed by atoms with Crippen LogP contribution in [-0.4, -0.2) is 33.4 Å². The van der Waals surface area contributed by atoms with Gasteiger partial charge in [0.1, 0.15) is 6.20 Å². The summed E-state index contributed by atoms with van der Waals surface area (Å²) >= 11 is 5.57. The number of nitrogens with zero attached hydrogens (tertiary/aromatic N) is 3. The van der Waals surface area contributed by atoms with E-state index in [1.165, 1.54) is 0 Å². The van der Waals surface area contributed by atoms with E-state index >= 15 is 0 Å². The van der Waals surface area contributed by atoms with Gasteiger partial charge in [-0.25, -0.2) is 4.98 Å². The van der Waals surface area contributed by atoms with Crippen LogP contribution >= 0.6 is 11.6 Å². The van der Waals surface area contributed by atoms with E-state index in [0.717, 1.165) is 6.20 Å². The van der Waals surface area contributed by atoms with E-state index in [4.69, 9.17) is 11.6 Å². The van der Waals surface area contributed by atoms with E-state index in [-0.39, 0.29) is 35.2 Å². The van der Waals surface area contributed by atoms with E-state index in [0.29, 0.717) is 6.54 Å². The van der Waals surface area contributed by atoms with Gasteiger partial charge >= 0.3 is 5.69 Å². The normalized spacial score (nSPS) is 18.9. The van der Waals surface area contributed by atoms with E-state index < -0.39 is 4.92 Å². The van der Waals surface area contributed by atoms with Crippen molar-refractivity contribution in [1.82, 2.24) is 15.3 Å². The lowest BCUT2D eigenvalue weighted by molar-refractivity contribution is -0.384. The number of rotatable bonds is 3. The highest BCUT2D eigenvalue weighted by Crippen LogP contribution is 2.23. The molecule has 1 saturated heterocycles. The molecule has 2 heterocycles. The summed E-state index contributed by atoms with van der Waals surface area (Å²) in [7, 11) is 0. The van der Waals surface area contributed by atoms with Gasteiger partial charge in [0.05, 0.1) is 11.0 Å². The predicted octanol–water partition coefficient (Wildman–Crippen LogP) is 0.339. The first-order valence-corrected chi connectivity index (χ1v) is 5.14. The van der Waals surface area contributed by atoms with Crippen LogP contribution < -0.4 is 10.6 Å². The summed E-state index contributed by atoms with van der Waals surface area (Å²) in [6, 6.07) is -0.229. The summed E-state index contributed by atoms with van der Waals surface area (Å²) in [5, 5.41) is 16.1. The van der Waals surface area contributed by atoms with Gasteiger partial charge in [0, 0.05) is 13.0 Å². The molecule has 0 spiro atoms. The van der Waals surface area contributed by atoms with Gasteiger partial charge in [0.2, 0.25) is 17.0 Å². The molecule has 0 saturated carbocycles. The fraction of sp³-hybridized carbons (Fsp3) is 0.375. The molecule has 1 unspecified atom stereocenters. The lowest BCUT2D eigenvalue weighted by Gasteiger charge is -2.10. The third-order valence-corrected chi connectivity index (χ3v) is 2.44. The lowest BCUT2D eigenvalue weighted by Crippen LogP contribution is -2.23. The van der Waals surface area contributed by atoms with E-state index in [1.807, 2.05) is 0 Å². The molecular weight excluding hydrogens is 250 g/mol. The maximum absolute atomic E-state index is 11.0. The third-order valence-electron chi connectivity index (χ3n) is 2.26. The number of anilines is 1. The molecule has 0 aromatic carbocycles. The lowest BCUT2D eigenvalue weighted by atomic mass is 10.2. The molecule has 1 aliphatic rings. The molecule has 0 radical (unpaired) electrons. The van der Waals surface area contributed by atoms with Gasteiger partial charge in [-0.2, -0.15) is 4.98 Å². The molecular formula is C8H8ClN5O3. The van der Waals surface area contributed by atoms with Crippen LogP contribution in [0, 0.1) is 10.1 Å². The maximum atomic E-state index is 11.0. The Kier molecular flexibility index (Phi) is 3.05. The first-order chi connectivity index (χ1) is 8.06. The summed E-state index contributed by atoms with van der Waals surface area (Å²) in [6.07, 6.45) is 1.28. The van der Waals surface area contributed by atoms with Crippen LogP contribution in [0.5, 0.6) is 0 Å². The molecule has 90 valence electrons. The van der Waals surface area contributed by atoms with Crippen molar-refractivity contribution in [1.29, 1.82) is 0 Å². The van der Waals surface area contributed by atoms with Crippen LogP contribution in [0.25, 0.3) is 0 Å². The van der Waals surface area contributed by atoms with E-state index in [2.05, 4.69) is 20.6 Å². The Morgan fingerprint density at radius 2 is 2.41 bits per heavy atom. The summed E-state index contributed by atoms with van der Waals surface area (Å²) in [5.41, 5.74) is -0.270. The Morgan fingerprint density at radius 3 is 3.00 bits per heavy atom. The van der Waals surface area contributed by atoms with Gasteiger partial charge in [-0.15, -0.1) is 0 Å². The number of aromatic nitrogens is 2. The average molecular weight is 258 g/mol. The molecule has 2 rings (SSSR count). The SMILES string of the molecule is O=C1CC(Nc2nc(Cl)ncc2[N+](=O)[O-])CN1. The molecule has 1 aromatic rings. The minimum atomic E-state index is -0.608. The van der Waals surface area contributed by atoms with Gasteiger partial charge in [-0.1, -0.05) is 0 Å². The number of carbonyl (C=O) groups is 1. The van der Waals surface area contributed by atoms with Crippen molar-refractivity contribution >= 4 is 29.0 Å². The number of hydrogen-bond acceptors (Lipinski definition) is 6. The number of hydrogen-bond donors (Lipinski definition) is 2.